The first-order valence-corrected chi connectivity index (χ1v) is 7.25. The standard InChI is InChI=1S/C15H26N2/c1-3-9-17(10-4-2)12-14-11-13-7-5-6-8-15(13)16-14/h1,13-16H,4-12H2,2H3. The number of terminal acetylenes is 1. The fourth-order valence-corrected chi connectivity index (χ4v) is 3.56. The molecule has 0 aromatic heterocycles. The molecule has 0 amide bonds. The molecule has 1 saturated heterocycles. The van der Waals surface area contributed by atoms with E-state index in [1.54, 1.807) is 0 Å². The summed E-state index contributed by atoms with van der Waals surface area (Å²) in [4.78, 5) is 2.43. The van der Waals surface area contributed by atoms with Crippen LogP contribution in [0.15, 0.2) is 0 Å². The summed E-state index contributed by atoms with van der Waals surface area (Å²) in [7, 11) is 0. The Morgan fingerprint density at radius 1 is 1.35 bits per heavy atom. The van der Waals surface area contributed by atoms with Crippen molar-refractivity contribution in [3.63, 3.8) is 0 Å². The van der Waals surface area contributed by atoms with Crippen molar-refractivity contribution in [3.05, 3.63) is 0 Å². The van der Waals surface area contributed by atoms with Crippen LogP contribution in [0, 0.1) is 18.3 Å². The second-order valence-electron chi connectivity index (χ2n) is 5.69. The molecule has 96 valence electrons. The average molecular weight is 234 g/mol. The Hall–Kier alpha value is -0.520. The highest BCUT2D eigenvalue weighted by Gasteiger charge is 2.35. The Morgan fingerprint density at radius 3 is 2.88 bits per heavy atom. The Bertz CT molecular complexity index is 255. The van der Waals surface area contributed by atoms with Crippen molar-refractivity contribution in [2.45, 2.75) is 57.5 Å². The minimum atomic E-state index is 0.683. The Kier molecular flexibility index (Phi) is 4.88. The molecular formula is C15H26N2. The van der Waals surface area contributed by atoms with Gasteiger partial charge in [-0.1, -0.05) is 25.7 Å². The van der Waals surface area contributed by atoms with Crippen molar-refractivity contribution in [3.8, 4) is 12.3 Å². The molecule has 2 nitrogen and oxygen atoms in total. The molecular weight excluding hydrogens is 208 g/mol. The number of nitrogens with one attached hydrogen (secondary N) is 1. The van der Waals surface area contributed by atoms with E-state index in [2.05, 4.69) is 23.1 Å². The molecule has 1 aliphatic heterocycles. The molecule has 3 unspecified atom stereocenters. The minimum Gasteiger partial charge on any atom is -0.310 e. The zero-order valence-electron chi connectivity index (χ0n) is 11.1. The third-order valence-corrected chi connectivity index (χ3v) is 4.28. The molecule has 0 spiro atoms. The first kappa shape index (κ1) is 12.9. The van der Waals surface area contributed by atoms with E-state index in [9.17, 15) is 0 Å². The van der Waals surface area contributed by atoms with Crippen LogP contribution in [0.1, 0.15) is 45.4 Å². The van der Waals surface area contributed by atoms with Gasteiger partial charge in [0.1, 0.15) is 0 Å². The zero-order chi connectivity index (χ0) is 12.1. The number of rotatable bonds is 5. The maximum absolute atomic E-state index is 5.44. The van der Waals surface area contributed by atoms with Gasteiger partial charge in [0.25, 0.3) is 0 Å². The summed E-state index contributed by atoms with van der Waals surface area (Å²) < 4.78 is 0. The van der Waals surface area contributed by atoms with Crippen LogP contribution in [0.25, 0.3) is 0 Å². The van der Waals surface area contributed by atoms with Crippen LogP contribution in [0.5, 0.6) is 0 Å². The van der Waals surface area contributed by atoms with Crippen molar-refractivity contribution in [1.29, 1.82) is 0 Å². The van der Waals surface area contributed by atoms with Crippen LogP contribution in [0.2, 0.25) is 0 Å². The van der Waals surface area contributed by atoms with E-state index in [0.717, 1.165) is 31.6 Å². The highest BCUT2D eigenvalue weighted by Crippen LogP contribution is 2.33. The van der Waals surface area contributed by atoms with E-state index < -0.39 is 0 Å². The maximum atomic E-state index is 5.44. The molecule has 17 heavy (non-hydrogen) atoms. The first-order chi connectivity index (χ1) is 8.33. The van der Waals surface area contributed by atoms with Crippen LogP contribution < -0.4 is 5.32 Å². The topological polar surface area (TPSA) is 15.3 Å². The Morgan fingerprint density at radius 2 is 2.18 bits per heavy atom. The molecule has 3 atom stereocenters. The molecule has 2 heteroatoms. The van der Waals surface area contributed by atoms with Gasteiger partial charge in [-0.05, 0) is 38.1 Å². The van der Waals surface area contributed by atoms with E-state index in [1.807, 2.05) is 0 Å². The van der Waals surface area contributed by atoms with Gasteiger partial charge in [-0.3, -0.25) is 4.90 Å². The summed E-state index contributed by atoms with van der Waals surface area (Å²) >= 11 is 0. The molecule has 2 fully saturated rings. The highest BCUT2D eigenvalue weighted by atomic mass is 15.2. The summed E-state index contributed by atoms with van der Waals surface area (Å²) in [6.07, 6.45) is 13.7. The van der Waals surface area contributed by atoms with Gasteiger partial charge in [-0.25, -0.2) is 0 Å². The van der Waals surface area contributed by atoms with E-state index in [-0.39, 0.29) is 0 Å². The second kappa shape index (κ2) is 6.42. The molecule has 1 saturated carbocycles. The van der Waals surface area contributed by atoms with E-state index >= 15 is 0 Å². The molecule has 0 bridgehead atoms. The first-order valence-electron chi connectivity index (χ1n) is 7.25. The smallest absolute Gasteiger partial charge is 0.0599 e. The van der Waals surface area contributed by atoms with Crippen LogP contribution in [0.4, 0.5) is 0 Å². The van der Waals surface area contributed by atoms with Gasteiger partial charge in [0.2, 0.25) is 0 Å². The minimum absolute atomic E-state index is 0.683. The lowest BCUT2D eigenvalue weighted by Crippen LogP contribution is -2.41. The Labute approximate surface area is 106 Å². The van der Waals surface area contributed by atoms with Crippen LogP contribution in [-0.2, 0) is 0 Å². The maximum Gasteiger partial charge on any atom is 0.0599 e. The van der Waals surface area contributed by atoms with Gasteiger partial charge in [0.15, 0.2) is 0 Å². The second-order valence-corrected chi connectivity index (χ2v) is 5.69. The third-order valence-electron chi connectivity index (χ3n) is 4.28. The highest BCUT2D eigenvalue weighted by molar-refractivity contribution is 4.95. The van der Waals surface area contributed by atoms with Crippen molar-refractivity contribution in [2.75, 3.05) is 19.6 Å². The summed E-state index contributed by atoms with van der Waals surface area (Å²) in [5.74, 6) is 3.73. The zero-order valence-corrected chi connectivity index (χ0v) is 11.1. The van der Waals surface area contributed by atoms with Gasteiger partial charge in [0.05, 0.1) is 6.54 Å². The van der Waals surface area contributed by atoms with Crippen LogP contribution in [0.3, 0.4) is 0 Å². The molecule has 0 aromatic rings. The predicted octanol–water partition coefficient (Wildman–Crippen LogP) is 2.25. The van der Waals surface area contributed by atoms with Gasteiger partial charge in [0, 0.05) is 18.6 Å². The fourth-order valence-electron chi connectivity index (χ4n) is 3.56. The van der Waals surface area contributed by atoms with Gasteiger partial charge >= 0.3 is 0 Å². The fraction of sp³-hybridized carbons (Fsp3) is 0.867. The van der Waals surface area contributed by atoms with Gasteiger partial charge < -0.3 is 5.32 Å². The number of nitrogens with zero attached hydrogens (tertiary/aromatic N) is 1. The van der Waals surface area contributed by atoms with E-state index in [0.29, 0.717) is 6.04 Å². The van der Waals surface area contributed by atoms with E-state index in [4.69, 9.17) is 6.42 Å². The molecule has 0 radical (unpaired) electrons. The van der Waals surface area contributed by atoms with Crippen LogP contribution in [-0.4, -0.2) is 36.6 Å². The lowest BCUT2D eigenvalue weighted by Gasteiger charge is -2.25. The molecule has 1 aliphatic carbocycles. The van der Waals surface area contributed by atoms with Crippen molar-refractivity contribution >= 4 is 0 Å². The number of hydrogen-bond acceptors (Lipinski definition) is 2. The normalized spacial score (nSPS) is 32.4. The van der Waals surface area contributed by atoms with Crippen molar-refractivity contribution in [2.24, 2.45) is 5.92 Å². The molecule has 2 rings (SSSR count). The lowest BCUT2D eigenvalue weighted by atomic mass is 9.85. The lowest BCUT2D eigenvalue weighted by molar-refractivity contribution is 0.274. The summed E-state index contributed by atoms with van der Waals surface area (Å²) in [6, 6.07) is 1.49. The summed E-state index contributed by atoms with van der Waals surface area (Å²) in [5.41, 5.74) is 0. The van der Waals surface area contributed by atoms with Gasteiger partial charge in [-0.2, -0.15) is 0 Å². The van der Waals surface area contributed by atoms with Crippen LogP contribution >= 0.6 is 0 Å². The predicted molar refractivity (Wildman–Crippen MR) is 72.9 cm³/mol. The summed E-state index contributed by atoms with van der Waals surface area (Å²) in [6.45, 7) is 5.31. The molecule has 0 aromatic carbocycles. The molecule has 1 N–H and O–H groups in total. The van der Waals surface area contributed by atoms with Crippen molar-refractivity contribution in [1.82, 2.24) is 10.2 Å². The summed E-state index contributed by atoms with van der Waals surface area (Å²) in [5, 5.41) is 3.83. The third kappa shape index (κ3) is 3.47. The molecule has 2 aliphatic rings. The van der Waals surface area contributed by atoms with Crippen molar-refractivity contribution < 1.29 is 0 Å². The Balaban J connectivity index is 1.80. The SMILES string of the molecule is C#CCN(CCC)CC1CC2CCCCC2N1. The van der Waals surface area contributed by atoms with Gasteiger partial charge in [-0.15, -0.1) is 6.42 Å². The van der Waals surface area contributed by atoms with E-state index in [1.165, 1.54) is 38.5 Å². The number of fused-ring (bicyclic) bond motifs is 1. The monoisotopic (exact) mass is 234 g/mol. The largest absolute Gasteiger partial charge is 0.310 e. The number of hydrogen-bond donors (Lipinski definition) is 1. The molecule has 1 heterocycles. The average Bonchev–Trinajstić information content (AvgIpc) is 2.71. The quantitative estimate of drug-likeness (QED) is 0.734.